The van der Waals surface area contributed by atoms with Crippen LogP contribution >= 0.6 is 0 Å². The van der Waals surface area contributed by atoms with Crippen LogP contribution in [0.3, 0.4) is 0 Å². The van der Waals surface area contributed by atoms with Crippen molar-refractivity contribution in [2.24, 2.45) is 11.8 Å². The molecule has 0 radical (unpaired) electrons. The number of hydrazine groups is 2. The van der Waals surface area contributed by atoms with Crippen molar-refractivity contribution in [3.8, 4) is 0 Å². The predicted octanol–water partition coefficient (Wildman–Crippen LogP) is 3.80. The first-order chi connectivity index (χ1) is 25.7. The molecule has 0 aliphatic rings. The lowest BCUT2D eigenvalue weighted by Gasteiger charge is -2.24. The Morgan fingerprint density at radius 1 is 0.500 bits per heavy atom. The summed E-state index contributed by atoms with van der Waals surface area (Å²) >= 11 is 0. The fourth-order valence-corrected chi connectivity index (χ4v) is 4.95. The van der Waals surface area contributed by atoms with E-state index >= 15 is 0 Å². The summed E-state index contributed by atoms with van der Waals surface area (Å²) in [5.74, 6) is -1.38. The van der Waals surface area contributed by atoms with E-state index in [-0.39, 0.29) is 61.1 Å². The molecule has 4 atom stereocenters. The van der Waals surface area contributed by atoms with E-state index in [0.29, 0.717) is 13.1 Å². The molecule has 54 heavy (non-hydrogen) atoms. The minimum Gasteiger partial charge on any atom is -0.460 e. The molecule has 0 aliphatic carbocycles. The van der Waals surface area contributed by atoms with Gasteiger partial charge in [0.2, 0.25) is 11.8 Å². The van der Waals surface area contributed by atoms with Crippen molar-refractivity contribution in [2.75, 3.05) is 39.4 Å². The number of urea groups is 2. The first-order valence-electron chi connectivity index (χ1n) is 19.5. The van der Waals surface area contributed by atoms with Gasteiger partial charge < -0.3 is 30.7 Å². The third kappa shape index (κ3) is 24.9. The number of ether oxygens (including phenoxy) is 2. The zero-order valence-electron chi connectivity index (χ0n) is 33.7. The van der Waals surface area contributed by atoms with E-state index in [0.717, 1.165) is 77.0 Å². The smallest absolute Gasteiger partial charge is 0.333 e. The maximum absolute atomic E-state index is 12.8. The lowest BCUT2D eigenvalue weighted by atomic mass is 9.99. The van der Waals surface area contributed by atoms with Gasteiger partial charge in [-0.2, -0.15) is 0 Å². The van der Waals surface area contributed by atoms with Crippen LogP contribution in [0.15, 0.2) is 24.3 Å². The van der Waals surface area contributed by atoms with Crippen LogP contribution in [0, 0.1) is 11.8 Å². The number of esters is 2. The van der Waals surface area contributed by atoms with Gasteiger partial charge in [0.15, 0.2) is 0 Å². The molecule has 0 heterocycles. The summed E-state index contributed by atoms with van der Waals surface area (Å²) in [7, 11) is 0. The summed E-state index contributed by atoms with van der Waals surface area (Å²) in [6, 6.07) is -2.22. The summed E-state index contributed by atoms with van der Waals surface area (Å²) in [6.07, 6.45) is 12.1. The molecule has 0 aromatic heterocycles. The van der Waals surface area contributed by atoms with Crippen molar-refractivity contribution >= 4 is 35.8 Å². The molecule has 0 saturated heterocycles. The lowest BCUT2D eigenvalue weighted by Crippen LogP contribution is -2.56. The molecule has 8 N–H and O–H groups in total. The number of carbonyl (C=O) groups is 6. The molecule has 0 aliphatic heterocycles. The van der Waals surface area contributed by atoms with Gasteiger partial charge in [-0.3, -0.25) is 20.4 Å². The summed E-state index contributed by atoms with van der Waals surface area (Å²) < 4.78 is 9.87. The molecule has 0 aromatic carbocycles. The van der Waals surface area contributed by atoms with Gasteiger partial charge >= 0.3 is 24.0 Å². The van der Waals surface area contributed by atoms with Gasteiger partial charge in [-0.05, 0) is 38.5 Å². The minimum atomic E-state index is -0.584. The maximum Gasteiger partial charge on any atom is 0.333 e. The minimum absolute atomic E-state index is 0.00540. The Kier molecular flexibility index (Phi) is 28.8. The summed E-state index contributed by atoms with van der Waals surface area (Å²) in [5, 5.41) is 11.1. The van der Waals surface area contributed by atoms with Gasteiger partial charge in [-0.15, -0.1) is 0 Å². The quantitative estimate of drug-likeness (QED) is 0.0221. The third-order valence-electron chi connectivity index (χ3n) is 8.81. The highest BCUT2D eigenvalue weighted by Gasteiger charge is 2.25. The van der Waals surface area contributed by atoms with E-state index in [2.05, 4.69) is 56.1 Å². The molecular formula is C38H70N8O8. The van der Waals surface area contributed by atoms with Gasteiger partial charge in [-0.1, -0.05) is 105 Å². The van der Waals surface area contributed by atoms with Crippen LogP contribution in [-0.2, 0) is 28.7 Å². The van der Waals surface area contributed by atoms with Gasteiger partial charge in [0.05, 0.1) is 13.1 Å². The number of hydrogen-bond donors (Lipinski definition) is 8. The topological polar surface area (TPSA) is 217 Å². The molecule has 6 amide bonds. The Morgan fingerprint density at radius 2 is 0.815 bits per heavy atom. The normalized spacial score (nSPS) is 12.9. The molecule has 310 valence electrons. The van der Waals surface area contributed by atoms with Crippen LogP contribution < -0.4 is 43.0 Å². The zero-order valence-corrected chi connectivity index (χ0v) is 33.7. The Labute approximate surface area is 322 Å². The number of amides is 6. The first-order valence-corrected chi connectivity index (χ1v) is 19.5. The second-order valence-corrected chi connectivity index (χ2v) is 13.7. The van der Waals surface area contributed by atoms with Gasteiger partial charge in [0.1, 0.15) is 25.3 Å². The fraction of sp³-hybridized carbons (Fsp3) is 0.737. The second-order valence-electron chi connectivity index (χ2n) is 13.7. The van der Waals surface area contributed by atoms with Crippen LogP contribution in [0.2, 0.25) is 0 Å². The summed E-state index contributed by atoms with van der Waals surface area (Å²) in [4.78, 5) is 72.6. The van der Waals surface area contributed by atoms with Crippen molar-refractivity contribution in [3.05, 3.63) is 24.3 Å². The molecule has 16 nitrogen and oxygen atoms in total. The van der Waals surface area contributed by atoms with Crippen LogP contribution in [0.25, 0.3) is 0 Å². The second kappa shape index (κ2) is 31.2. The number of hydrogen-bond acceptors (Lipinski definition) is 10. The maximum atomic E-state index is 12.8. The molecule has 0 aromatic rings. The van der Waals surface area contributed by atoms with Crippen molar-refractivity contribution in [3.63, 3.8) is 0 Å². The number of rotatable bonds is 31. The molecule has 0 unspecified atom stereocenters. The standard InChI is InChI=1S/C38H70N8O8/c1-9-29(7)31(43-45-37(51)41-23-25-53-35(49)27(3)4)33(47)39-21-19-17-15-13-11-12-14-16-18-20-22-40-34(48)32(30(8)10-2)44-46-38(52)42-24-26-54-36(50)28(5)6/h29-32,43-44H,3,5,9-26H2,1-2,4,6-8H3,(H,39,47)(H,40,48)(H2,41,45,51)(H2,42,46,52)/t29-,30-,31-,32-/m0/s1. The predicted molar refractivity (Wildman–Crippen MR) is 210 cm³/mol. The SMILES string of the molecule is C=C(C)C(=O)OCCNC(=O)NN[C@H](C(=O)NCCCCCCCCCCCCNC(=O)[C@@H](NNC(=O)NCCOC(=O)C(=C)C)[C@@H](C)CC)[C@@H](C)CC. The molecule has 0 fully saturated rings. The average molecular weight is 767 g/mol. The van der Waals surface area contributed by atoms with E-state index in [9.17, 15) is 28.8 Å². The van der Waals surface area contributed by atoms with E-state index < -0.39 is 36.1 Å². The average Bonchev–Trinajstić information content (AvgIpc) is 3.14. The monoisotopic (exact) mass is 767 g/mol. The van der Waals surface area contributed by atoms with Gasteiger partial charge in [0, 0.05) is 24.2 Å². The van der Waals surface area contributed by atoms with E-state index in [1.54, 1.807) is 13.8 Å². The first kappa shape index (κ1) is 49.8. The molecule has 0 saturated carbocycles. The highest BCUT2D eigenvalue weighted by atomic mass is 16.5. The van der Waals surface area contributed by atoms with Crippen LogP contribution in [-0.4, -0.2) is 87.3 Å². The Morgan fingerprint density at radius 3 is 1.11 bits per heavy atom. The highest BCUT2D eigenvalue weighted by Crippen LogP contribution is 2.12. The fourth-order valence-electron chi connectivity index (χ4n) is 4.95. The number of nitrogens with one attached hydrogen (secondary N) is 8. The molecule has 0 spiro atoms. The molecular weight excluding hydrogens is 696 g/mol. The largest absolute Gasteiger partial charge is 0.460 e. The van der Waals surface area contributed by atoms with Crippen molar-refractivity contribution < 1.29 is 38.2 Å². The van der Waals surface area contributed by atoms with Gasteiger partial charge in [-0.25, -0.2) is 30.0 Å². The van der Waals surface area contributed by atoms with E-state index in [1.807, 2.05) is 27.7 Å². The van der Waals surface area contributed by atoms with Crippen molar-refractivity contribution in [1.29, 1.82) is 0 Å². The Balaban J connectivity index is 4.05. The van der Waals surface area contributed by atoms with Gasteiger partial charge in [0.25, 0.3) is 0 Å². The van der Waals surface area contributed by atoms with Crippen LogP contribution in [0.1, 0.15) is 119 Å². The van der Waals surface area contributed by atoms with Crippen LogP contribution in [0.4, 0.5) is 9.59 Å². The summed E-state index contributed by atoms with van der Waals surface area (Å²) in [5.41, 5.74) is 11.2. The van der Waals surface area contributed by atoms with Crippen LogP contribution in [0.5, 0.6) is 0 Å². The Hall–Kier alpha value is -4.18. The highest BCUT2D eigenvalue weighted by molar-refractivity contribution is 5.87. The molecule has 0 bridgehead atoms. The van der Waals surface area contributed by atoms with Crippen molar-refractivity contribution in [2.45, 2.75) is 131 Å². The Bertz CT molecular complexity index is 1080. The molecule has 16 heteroatoms. The van der Waals surface area contributed by atoms with Crippen molar-refractivity contribution in [1.82, 2.24) is 43.0 Å². The third-order valence-corrected chi connectivity index (χ3v) is 8.81. The summed E-state index contributed by atoms with van der Waals surface area (Å²) in [6.45, 7) is 19.4. The van der Waals surface area contributed by atoms with E-state index in [1.165, 1.54) is 0 Å². The lowest BCUT2D eigenvalue weighted by molar-refractivity contribution is -0.139. The zero-order chi connectivity index (χ0) is 40.7. The number of unbranched alkanes of at least 4 members (excludes halogenated alkanes) is 9. The van der Waals surface area contributed by atoms with E-state index in [4.69, 9.17) is 9.47 Å². The molecule has 0 rings (SSSR count). The number of carbonyl (C=O) groups excluding carboxylic acids is 6.